The average molecular weight is 342 g/mol. The highest BCUT2D eigenvalue weighted by Gasteiger charge is 2.31. The standard InChI is InChI=1S/C17H16ClN5O/c1-22-15(21-13-6-3-2-5-12(13)16(22)24)14-7-4-8-23(14)17-19-9-11(18)10-20-17/h2-3,5-6,9-10,14H,4,7-8H2,1H3. The number of para-hydroxylation sites is 1. The summed E-state index contributed by atoms with van der Waals surface area (Å²) in [6, 6.07) is 7.41. The summed E-state index contributed by atoms with van der Waals surface area (Å²) >= 11 is 5.88. The number of anilines is 1. The molecule has 1 saturated heterocycles. The van der Waals surface area contributed by atoms with Gasteiger partial charge in [-0.1, -0.05) is 23.7 Å². The molecule has 1 fully saturated rings. The van der Waals surface area contributed by atoms with Crippen molar-refractivity contribution in [2.45, 2.75) is 18.9 Å². The van der Waals surface area contributed by atoms with E-state index in [1.807, 2.05) is 24.3 Å². The molecule has 7 heteroatoms. The first-order valence-corrected chi connectivity index (χ1v) is 8.23. The Morgan fingerprint density at radius 2 is 1.96 bits per heavy atom. The summed E-state index contributed by atoms with van der Waals surface area (Å²) < 4.78 is 1.64. The Hall–Kier alpha value is -2.47. The van der Waals surface area contributed by atoms with Gasteiger partial charge in [0.1, 0.15) is 5.82 Å². The van der Waals surface area contributed by atoms with E-state index in [0.717, 1.165) is 30.7 Å². The molecule has 0 N–H and O–H groups in total. The molecule has 122 valence electrons. The number of aromatic nitrogens is 4. The molecular weight excluding hydrogens is 326 g/mol. The molecule has 24 heavy (non-hydrogen) atoms. The molecule has 0 amide bonds. The zero-order chi connectivity index (χ0) is 16.7. The van der Waals surface area contributed by atoms with Crippen LogP contribution in [0.3, 0.4) is 0 Å². The Bertz CT molecular complexity index is 953. The first kappa shape index (κ1) is 15.1. The number of benzene rings is 1. The Morgan fingerprint density at radius 3 is 2.75 bits per heavy atom. The largest absolute Gasteiger partial charge is 0.331 e. The highest BCUT2D eigenvalue weighted by molar-refractivity contribution is 6.30. The van der Waals surface area contributed by atoms with Gasteiger partial charge in [-0.25, -0.2) is 15.0 Å². The summed E-state index contributed by atoms with van der Waals surface area (Å²) in [4.78, 5) is 28.1. The van der Waals surface area contributed by atoms with Crippen molar-refractivity contribution in [3.05, 3.63) is 57.9 Å². The SMILES string of the molecule is Cn1c(C2CCCN2c2ncc(Cl)cn2)nc2ccccc2c1=O. The van der Waals surface area contributed by atoms with E-state index in [1.165, 1.54) is 0 Å². The zero-order valence-electron chi connectivity index (χ0n) is 13.2. The van der Waals surface area contributed by atoms with Crippen molar-refractivity contribution in [2.24, 2.45) is 7.05 Å². The van der Waals surface area contributed by atoms with Crippen molar-refractivity contribution in [2.75, 3.05) is 11.4 Å². The molecule has 1 unspecified atom stereocenters. The lowest BCUT2D eigenvalue weighted by Crippen LogP contribution is -2.31. The molecule has 4 rings (SSSR count). The summed E-state index contributed by atoms with van der Waals surface area (Å²) in [5, 5.41) is 1.14. The van der Waals surface area contributed by atoms with Crippen LogP contribution in [-0.2, 0) is 7.05 Å². The van der Waals surface area contributed by atoms with E-state index in [9.17, 15) is 4.79 Å². The molecule has 1 atom stereocenters. The normalized spacial score (nSPS) is 17.6. The van der Waals surface area contributed by atoms with Gasteiger partial charge >= 0.3 is 0 Å². The third-order valence-corrected chi connectivity index (χ3v) is 4.63. The Kier molecular flexibility index (Phi) is 3.69. The van der Waals surface area contributed by atoms with E-state index >= 15 is 0 Å². The van der Waals surface area contributed by atoms with Gasteiger partial charge in [-0.2, -0.15) is 0 Å². The maximum absolute atomic E-state index is 12.6. The van der Waals surface area contributed by atoms with Crippen LogP contribution in [0.1, 0.15) is 24.7 Å². The van der Waals surface area contributed by atoms with Crippen LogP contribution in [0.5, 0.6) is 0 Å². The number of halogens is 1. The molecule has 0 aliphatic carbocycles. The average Bonchev–Trinajstić information content (AvgIpc) is 3.08. The fraction of sp³-hybridized carbons (Fsp3) is 0.294. The van der Waals surface area contributed by atoms with Crippen LogP contribution in [0.2, 0.25) is 5.02 Å². The van der Waals surface area contributed by atoms with Gasteiger partial charge in [-0.3, -0.25) is 9.36 Å². The summed E-state index contributed by atoms with van der Waals surface area (Å²) in [6.07, 6.45) is 5.09. The summed E-state index contributed by atoms with van der Waals surface area (Å²) in [7, 11) is 1.77. The van der Waals surface area contributed by atoms with E-state index in [2.05, 4.69) is 14.9 Å². The topological polar surface area (TPSA) is 63.9 Å². The molecule has 1 aromatic carbocycles. The minimum Gasteiger partial charge on any atom is -0.331 e. The molecule has 1 aliphatic heterocycles. The highest BCUT2D eigenvalue weighted by atomic mass is 35.5. The van der Waals surface area contributed by atoms with E-state index < -0.39 is 0 Å². The number of fused-ring (bicyclic) bond motifs is 1. The predicted molar refractivity (Wildman–Crippen MR) is 93.3 cm³/mol. The third-order valence-electron chi connectivity index (χ3n) is 4.43. The molecule has 0 bridgehead atoms. The van der Waals surface area contributed by atoms with Gasteiger partial charge < -0.3 is 4.90 Å². The fourth-order valence-electron chi connectivity index (χ4n) is 3.26. The van der Waals surface area contributed by atoms with Gasteiger partial charge in [-0.05, 0) is 25.0 Å². The van der Waals surface area contributed by atoms with E-state index in [0.29, 0.717) is 16.4 Å². The van der Waals surface area contributed by atoms with Crippen LogP contribution in [0.25, 0.3) is 10.9 Å². The molecule has 1 aliphatic rings. The summed E-state index contributed by atoms with van der Waals surface area (Å²) in [5.41, 5.74) is 0.693. The minimum atomic E-state index is -0.0283. The zero-order valence-corrected chi connectivity index (χ0v) is 13.9. The smallest absolute Gasteiger partial charge is 0.261 e. The predicted octanol–water partition coefficient (Wildman–Crippen LogP) is 2.72. The van der Waals surface area contributed by atoms with Crippen LogP contribution >= 0.6 is 11.6 Å². The second-order valence-electron chi connectivity index (χ2n) is 5.90. The maximum atomic E-state index is 12.6. The molecule has 3 aromatic rings. The lowest BCUT2D eigenvalue weighted by Gasteiger charge is -2.25. The second kappa shape index (κ2) is 5.87. The van der Waals surface area contributed by atoms with Gasteiger partial charge in [0, 0.05) is 13.6 Å². The minimum absolute atomic E-state index is 0.0199. The fourth-order valence-corrected chi connectivity index (χ4v) is 3.36. The van der Waals surface area contributed by atoms with Crippen LogP contribution in [0, 0.1) is 0 Å². The molecule has 2 aromatic heterocycles. The van der Waals surface area contributed by atoms with Crippen molar-refractivity contribution in [3.8, 4) is 0 Å². The Labute approximate surface area is 143 Å². The van der Waals surface area contributed by atoms with Crippen LogP contribution < -0.4 is 10.5 Å². The number of hydrogen-bond acceptors (Lipinski definition) is 5. The first-order valence-electron chi connectivity index (χ1n) is 7.85. The van der Waals surface area contributed by atoms with Gasteiger partial charge in [0.2, 0.25) is 5.95 Å². The monoisotopic (exact) mass is 341 g/mol. The number of rotatable bonds is 2. The van der Waals surface area contributed by atoms with Crippen molar-refractivity contribution in [1.29, 1.82) is 0 Å². The number of hydrogen-bond donors (Lipinski definition) is 0. The Morgan fingerprint density at radius 1 is 1.21 bits per heavy atom. The molecule has 6 nitrogen and oxygen atoms in total. The summed E-state index contributed by atoms with van der Waals surface area (Å²) in [5.74, 6) is 1.36. The highest BCUT2D eigenvalue weighted by Crippen LogP contribution is 2.33. The van der Waals surface area contributed by atoms with Crippen molar-refractivity contribution in [3.63, 3.8) is 0 Å². The van der Waals surface area contributed by atoms with E-state index in [4.69, 9.17) is 16.6 Å². The molecule has 0 saturated carbocycles. The van der Waals surface area contributed by atoms with Gasteiger partial charge in [0.25, 0.3) is 5.56 Å². The van der Waals surface area contributed by atoms with Crippen molar-refractivity contribution >= 4 is 28.5 Å². The molecule has 0 spiro atoms. The van der Waals surface area contributed by atoms with E-state index in [1.54, 1.807) is 24.0 Å². The Balaban J connectivity index is 1.82. The van der Waals surface area contributed by atoms with Crippen molar-refractivity contribution < 1.29 is 0 Å². The quantitative estimate of drug-likeness (QED) is 0.717. The van der Waals surface area contributed by atoms with Gasteiger partial charge in [-0.15, -0.1) is 0 Å². The molecule has 0 radical (unpaired) electrons. The van der Waals surface area contributed by atoms with Gasteiger partial charge in [0.15, 0.2) is 0 Å². The van der Waals surface area contributed by atoms with Crippen LogP contribution in [0.4, 0.5) is 5.95 Å². The molecular formula is C17H16ClN5O. The van der Waals surface area contributed by atoms with Crippen LogP contribution in [0.15, 0.2) is 41.5 Å². The number of nitrogens with zero attached hydrogens (tertiary/aromatic N) is 5. The lowest BCUT2D eigenvalue weighted by molar-refractivity contribution is 0.603. The van der Waals surface area contributed by atoms with E-state index in [-0.39, 0.29) is 11.6 Å². The second-order valence-corrected chi connectivity index (χ2v) is 6.34. The lowest BCUT2D eigenvalue weighted by atomic mass is 10.1. The maximum Gasteiger partial charge on any atom is 0.261 e. The van der Waals surface area contributed by atoms with Gasteiger partial charge in [0.05, 0.1) is 34.4 Å². The van der Waals surface area contributed by atoms with Crippen LogP contribution in [-0.4, -0.2) is 26.1 Å². The molecule has 3 heterocycles. The summed E-state index contributed by atoms with van der Waals surface area (Å²) in [6.45, 7) is 0.828. The van der Waals surface area contributed by atoms with Crippen molar-refractivity contribution in [1.82, 2.24) is 19.5 Å². The first-order chi connectivity index (χ1) is 11.6. The third kappa shape index (κ3) is 2.43.